The van der Waals surface area contributed by atoms with Crippen LogP contribution in [0.5, 0.6) is 0 Å². The van der Waals surface area contributed by atoms with Crippen LogP contribution >= 0.6 is 0 Å². The van der Waals surface area contributed by atoms with E-state index in [2.05, 4.69) is 42.6 Å². The highest BCUT2D eigenvalue weighted by Gasteiger charge is 2.18. The van der Waals surface area contributed by atoms with E-state index >= 15 is 0 Å². The normalized spacial score (nSPS) is 15.0. The lowest BCUT2D eigenvalue weighted by Crippen LogP contribution is -2.23. The SMILES string of the molecule is CCCCCCCCCNC[C@@H](O)c1cc2c(c3ccccc13)CCCC2. The minimum atomic E-state index is -0.424. The average Bonchev–Trinajstić information content (AvgIpc) is 2.72. The standard InChI is InChI=1S/C25H37NO/c1-2-3-4-5-6-7-12-17-26-19-25(27)24-18-20-13-8-9-14-21(20)22-15-10-11-16-23(22)24/h10-11,15-16,18,25-27H,2-9,12-14,17,19H2,1H3/t25-/m1/s1. The molecule has 0 aromatic heterocycles. The fourth-order valence-electron chi connectivity index (χ4n) is 4.49. The molecular formula is C25H37NO. The van der Waals surface area contributed by atoms with Gasteiger partial charge in [-0.15, -0.1) is 0 Å². The molecule has 3 rings (SSSR count). The monoisotopic (exact) mass is 367 g/mol. The predicted molar refractivity (Wildman–Crippen MR) is 116 cm³/mol. The van der Waals surface area contributed by atoms with Crippen LogP contribution < -0.4 is 5.32 Å². The quantitative estimate of drug-likeness (QED) is 0.471. The first-order valence-corrected chi connectivity index (χ1v) is 11.2. The van der Waals surface area contributed by atoms with Gasteiger partial charge in [0, 0.05) is 6.54 Å². The highest BCUT2D eigenvalue weighted by Crippen LogP contribution is 2.34. The lowest BCUT2D eigenvalue weighted by molar-refractivity contribution is 0.176. The summed E-state index contributed by atoms with van der Waals surface area (Å²) in [6.45, 7) is 3.92. The van der Waals surface area contributed by atoms with E-state index in [1.54, 1.807) is 0 Å². The van der Waals surface area contributed by atoms with Crippen molar-refractivity contribution in [3.05, 3.63) is 47.0 Å². The van der Waals surface area contributed by atoms with Gasteiger partial charge in [0.2, 0.25) is 0 Å². The summed E-state index contributed by atoms with van der Waals surface area (Å²) in [5.41, 5.74) is 4.09. The van der Waals surface area contributed by atoms with Crippen molar-refractivity contribution < 1.29 is 5.11 Å². The first-order valence-electron chi connectivity index (χ1n) is 11.2. The number of fused-ring (bicyclic) bond motifs is 3. The minimum Gasteiger partial charge on any atom is -0.387 e. The van der Waals surface area contributed by atoms with Gasteiger partial charge < -0.3 is 10.4 Å². The molecule has 2 aromatic rings. The Labute approximate surface area is 165 Å². The summed E-state index contributed by atoms with van der Waals surface area (Å²) in [6, 6.07) is 10.9. The summed E-state index contributed by atoms with van der Waals surface area (Å²) in [7, 11) is 0. The van der Waals surface area contributed by atoms with Crippen molar-refractivity contribution in [3.8, 4) is 0 Å². The molecule has 0 spiro atoms. The van der Waals surface area contributed by atoms with Gasteiger partial charge in [0.05, 0.1) is 6.10 Å². The van der Waals surface area contributed by atoms with E-state index in [0.29, 0.717) is 6.54 Å². The predicted octanol–water partition coefficient (Wildman–Crippen LogP) is 6.09. The maximum atomic E-state index is 10.9. The van der Waals surface area contributed by atoms with Crippen LogP contribution in [0.25, 0.3) is 10.8 Å². The smallest absolute Gasteiger partial charge is 0.0920 e. The molecule has 0 saturated heterocycles. The molecule has 0 bridgehead atoms. The van der Waals surface area contributed by atoms with Gasteiger partial charge in [-0.25, -0.2) is 0 Å². The van der Waals surface area contributed by atoms with Crippen molar-refractivity contribution >= 4 is 10.8 Å². The molecule has 0 heterocycles. The summed E-state index contributed by atoms with van der Waals surface area (Å²) < 4.78 is 0. The molecular weight excluding hydrogens is 330 g/mol. The summed E-state index contributed by atoms with van der Waals surface area (Å²) in [6.07, 6.45) is 13.8. The Bertz CT molecular complexity index is 709. The van der Waals surface area contributed by atoms with Gasteiger partial charge in [-0.2, -0.15) is 0 Å². The minimum absolute atomic E-state index is 0.424. The number of benzene rings is 2. The topological polar surface area (TPSA) is 32.3 Å². The van der Waals surface area contributed by atoms with Crippen molar-refractivity contribution in [2.45, 2.75) is 83.7 Å². The van der Waals surface area contributed by atoms with Crippen LogP contribution in [0, 0.1) is 0 Å². The van der Waals surface area contributed by atoms with Crippen LogP contribution in [0.4, 0.5) is 0 Å². The maximum absolute atomic E-state index is 10.9. The van der Waals surface area contributed by atoms with Crippen molar-refractivity contribution in [2.24, 2.45) is 0 Å². The maximum Gasteiger partial charge on any atom is 0.0920 e. The van der Waals surface area contributed by atoms with Gasteiger partial charge >= 0.3 is 0 Å². The van der Waals surface area contributed by atoms with E-state index < -0.39 is 6.10 Å². The number of unbranched alkanes of at least 4 members (excludes halogenated alkanes) is 6. The summed E-state index contributed by atoms with van der Waals surface area (Å²) in [5.74, 6) is 0. The Morgan fingerprint density at radius 3 is 2.44 bits per heavy atom. The van der Waals surface area contributed by atoms with Gasteiger partial charge in [-0.1, -0.05) is 75.8 Å². The molecule has 2 N–H and O–H groups in total. The molecule has 0 aliphatic heterocycles. The fourth-order valence-corrected chi connectivity index (χ4v) is 4.49. The van der Waals surface area contributed by atoms with Gasteiger partial charge in [0.25, 0.3) is 0 Å². The third-order valence-electron chi connectivity index (χ3n) is 6.06. The van der Waals surface area contributed by atoms with Crippen LogP contribution in [0.2, 0.25) is 0 Å². The molecule has 148 valence electrons. The second kappa shape index (κ2) is 10.8. The van der Waals surface area contributed by atoms with Crippen LogP contribution in [-0.2, 0) is 12.8 Å². The number of aliphatic hydroxyl groups excluding tert-OH is 1. The van der Waals surface area contributed by atoms with E-state index in [9.17, 15) is 5.11 Å². The van der Waals surface area contributed by atoms with E-state index in [4.69, 9.17) is 0 Å². The van der Waals surface area contributed by atoms with E-state index in [0.717, 1.165) is 18.5 Å². The number of nitrogens with one attached hydrogen (secondary N) is 1. The molecule has 0 unspecified atom stereocenters. The third-order valence-corrected chi connectivity index (χ3v) is 6.06. The van der Waals surface area contributed by atoms with Gasteiger partial charge in [-0.3, -0.25) is 0 Å². The summed E-state index contributed by atoms with van der Waals surface area (Å²) >= 11 is 0. The molecule has 2 heteroatoms. The molecule has 1 aliphatic rings. The van der Waals surface area contributed by atoms with Crippen molar-refractivity contribution in [1.29, 1.82) is 0 Å². The molecule has 27 heavy (non-hydrogen) atoms. The Morgan fingerprint density at radius 2 is 1.63 bits per heavy atom. The molecule has 0 saturated carbocycles. The molecule has 2 nitrogen and oxygen atoms in total. The Kier molecular flexibility index (Phi) is 8.16. The largest absolute Gasteiger partial charge is 0.387 e. The fraction of sp³-hybridized carbons (Fsp3) is 0.600. The lowest BCUT2D eigenvalue weighted by atomic mass is 9.84. The average molecular weight is 368 g/mol. The zero-order chi connectivity index (χ0) is 18.9. The summed E-state index contributed by atoms with van der Waals surface area (Å²) in [4.78, 5) is 0. The number of aryl methyl sites for hydroxylation is 2. The van der Waals surface area contributed by atoms with Crippen LogP contribution in [0.3, 0.4) is 0 Å². The van der Waals surface area contributed by atoms with E-state index in [-0.39, 0.29) is 0 Å². The molecule has 1 atom stereocenters. The van der Waals surface area contributed by atoms with Crippen molar-refractivity contribution in [1.82, 2.24) is 5.32 Å². The number of hydrogen-bond acceptors (Lipinski definition) is 2. The van der Waals surface area contributed by atoms with Gasteiger partial charge in [-0.05, 0) is 66.1 Å². The molecule has 0 amide bonds. The Morgan fingerprint density at radius 1 is 0.926 bits per heavy atom. The second-order valence-corrected chi connectivity index (χ2v) is 8.20. The van der Waals surface area contributed by atoms with Crippen molar-refractivity contribution in [3.63, 3.8) is 0 Å². The Hall–Kier alpha value is -1.38. The van der Waals surface area contributed by atoms with Gasteiger partial charge in [0.15, 0.2) is 0 Å². The van der Waals surface area contributed by atoms with E-state index in [1.807, 2.05) is 0 Å². The number of aliphatic hydroxyl groups is 1. The van der Waals surface area contributed by atoms with Crippen LogP contribution in [0.15, 0.2) is 30.3 Å². The first kappa shape index (κ1) is 20.4. The van der Waals surface area contributed by atoms with Crippen LogP contribution in [-0.4, -0.2) is 18.2 Å². The summed E-state index contributed by atoms with van der Waals surface area (Å²) in [5, 5.41) is 16.9. The zero-order valence-corrected chi connectivity index (χ0v) is 17.1. The lowest BCUT2D eigenvalue weighted by Gasteiger charge is -2.23. The van der Waals surface area contributed by atoms with E-state index in [1.165, 1.54) is 86.1 Å². The third kappa shape index (κ3) is 5.56. The van der Waals surface area contributed by atoms with Crippen molar-refractivity contribution in [2.75, 3.05) is 13.1 Å². The second-order valence-electron chi connectivity index (χ2n) is 8.20. The molecule has 0 radical (unpaired) electrons. The van der Waals surface area contributed by atoms with Gasteiger partial charge in [0.1, 0.15) is 0 Å². The first-order chi connectivity index (χ1) is 13.3. The van der Waals surface area contributed by atoms with Crippen LogP contribution in [0.1, 0.15) is 87.5 Å². The molecule has 2 aromatic carbocycles. The highest BCUT2D eigenvalue weighted by atomic mass is 16.3. The highest BCUT2D eigenvalue weighted by molar-refractivity contribution is 5.90. The zero-order valence-electron chi connectivity index (χ0n) is 17.1. The number of rotatable bonds is 11. The Balaban J connectivity index is 1.53. The molecule has 0 fully saturated rings. The number of hydrogen-bond donors (Lipinski definition) is 2. The molecule has 1 aliphatic carbocycles.